The molecule has 0 radical (unpaired) electrons. The summed E-state index contributed by atoms with van der Waals surface area (Å²) in [4.78, 5) is 27.1. The van der Waals surface area contributed by atoms with Crippen LogP contribution in [0, 0.1) is 5.82 Å². The van der Waals surface area contributed by atoms with E-state index in [4.69, 9.17) is 4.74 Å². The van der Waals surface area contributed by atoms with Gasteiger partial charge in [-0.1, -0.05) is 30.9 Å². The summed E-state index contributed by atoms with van der Waals surface area (Å²) in [7, 11) is -3.39. The molecule has 9 heteroatoms. The number of hydrogen-bond donors (Lipinski definition) is 1. The fraction of sp³-hybridized carbons (Fsp3) is 0.250. The van der Waals surface area contributed by atoms with Gasteiger partial charge in [0.25, 0.3) is 11.7 Å². The number of halogens is 1. The van der Waals surface area contributed by atoms with Crippen LogP contribution in [0.1, 0.15) is 23.6 Å². The van der Waals surface area contributed by atoms with Crippen molar-refractivity contribution < 1.29 is 32.2 Å². The highest BCUT2D eigenvalue weighted by atomic mass is 32.2. The number of nitrogens with zero attached hydrogens (tertiary/aromatic N) is 1. The van der Waals surface area contributed by atoms with Gasteiger partial charge in [0.15, 0.2) is 9.84 Å². The predicted molar refractivity (Wildman–Crippen MR) is 120 cm³/mol. The van der Waals surface area contributed by atoms with E-state index in [0.717, 1.165) is 4.90 Å². The van der Waals surface area contributed by atoms with Crippen LogP contribution in [-0.4, -0.2) is 54.3 Å². The molecule has 0 saturated carbocycles. The second-order valence-corrected chi connectivity index (χ2v) is 10.1. The molecule has 0 spiro atoms. The second-order valence-electron chi connectivity index (χ2n) is 7.91. The standard InChI is InChI=1S/C24H22FNO6S/c1-2-12-32-17-9-7-15(8-10-17)22(27)20-21(18-5-3-4-6-19(18)25)26(24(29)23(20)28)16-11-13-33(30,31)14-16/h2-10,16,21,27H,1,11-14H2/b22-20+. The number of ether oxygens (including phenoxy) is 1. The molecule has 2 aromatic rings. The number of aliphatic hydroxyl groups is 1. The third-order valence-corrected chi connectivity index (χ3v) is 7.53. The first-order chi connectivity index (χ1) is 15.7. The number of amides is 1. The van der Waals surface area contributed by atoms with E-state index in [-0.39, 0.29) is 41.2 Å². The van der Waals surface area contributed by atoms with E-state index < -0.39 is 45.2 Å². The summed E-state index contributed by atoms with van der Waals surface area (Å²) in [5, 5.41) is 11.0. The zero-order chi connectivity index (χ0) is 23.8. The zero-order valence-corrected chi connectivity index (χ0v) is 18.4. The van der Waals surface area contributed by atoms with E-state index in [2.05, 4.69) is 6.58 Å². The highest BCUT2D eigenvalue weighted by Crippen LogP contribution is 2.43. The minimum absolute atomic E-state index is 0.00786. The number of sulfone groups is 1. The molecule has 7 nitrogen and oxygen atoms in total. The van der Waals surface area contributed by atoms with Crippen molar-refractivity contribution >= 4 is 27.3 Å². The summed E-state index contributed by atoms with van der Waals surface area (Å²) < 4.78 is 44.4. The molecule has 2 aliphatic heterocycles. The largest absolute Gasteiger partial charge is 0.507 e. The molecule has 2 fully saturated rings. The Bertz CT molecular complexity index is 1250. The van der Waals surface area contributed by atoms with E-state index >= 15 is 0 Å². The van der Waals surface area contributed by atoms with Gasteiger partial charge in [0.1, 0.15) is 23.9 Å². The SMILES string of the molecule is C=CCOc1ccc(/C(O)=C2\C(=O)C(=O)N(C3CCS(=O)(=O)C3)C2c2ccccc2F)cc1. The molecule has 2 saturated heterocycles. The maximum absolute atomic E-state index is 14.8. The lowest BCUT2D eigenvalue weighted by Gasteiger charge is -2.30. The third-order valence-electron chi connectivity index (χ3n) is 5.78. The van der Waals surface area contributed by atoms with Gasteiger partial charge in [-0.05, 0) is 36.8 Å². The van der Waals surface area contributed by atoms with E-state index in [1.807, 2.05) is 0 Å². The van der Waals surface area contributed by atoms with Crippen LogP contribution in [-0.2, 0) is 19.4 Å². The van der Waals surface area contributed by atoms with Crippen molar-refractivity contribution in [1.82, 2.24) is 4.90 Å². The van der Waals surface area contributed by atoms with E-state index in [9.17, 15) is 27.5 Å². The summed E-state index contributed by atoms with van der Waals surface area (Å²) in [5.41, 5.74) is -0.0398. The van der Waals surface area contributed by atoms with Gasteiger partial charge in [0, 0.05) is 17.2 Å². The monoisotopic (exact) mass is 471 g/mol. The number of hydrogen-bond acceptors (Lipinski definition) is 6. The van der Waals surface area contributed by atoms with Gasteiger partial charge in [-0.3, -0.25) is 9.59 Å². The summed E-state index contributed by atoms with van der Waals surface area (Å²) in [6.45, 7) is 3.85. The van der Waals surface area contributed by atoms with Crippen LogP contribution >= 0.6 is 0 Å². The van der Waals surface area contributed by atoms with Crippen molar-refractivity contribution in [2.24, 2.45) is 0 Å². The topological polar surface area (TPSA) is 101 Å². The Hall–Kier alpha value is -3.46. The Balaban J connectivity index is 1.83. The van der Waals surface area contributed by atoms with E-state index in [1.54, 1.807) is 24.3 Å². The molecular weight excluding hydrogens is 449 g/mol. The molecule has 1 amide bonds. The van der Waals surface area contributed by atoms with Crippen LogP contribution in [0.25, 0.3) is 5.76 Å². The maximum Gasteiger partial charge on any atom is 0.295 e. The van der Waals surface area contributed by atoms with Crippen molar-refractivity contribution in [3.8, 4) is 5.75 Å². The highest BCUT2D eigenvalue weighted by Gasteiger charge is 2.51. The molecule has 1 N–H and O–H groups in total. The number of rotatable bonds is 6. The molecule has 33 heavy (non-hydrogen) atoms. The normalized spacial score (nSPS) is 23.6. The number of carbonyl (C=O) groups is 2. The Morgan fingerprint density at radius 3 is 2.48 bits per heavy atom. The quantitative estimate of drug-likeness (QED) is 0.301. The molecule has 0 aliphatic carbocycles. The first-order valence-corrected chi connectivity index (χ1v) is 12.1. The van der Waals surface area contributed by atoms with Crippen molar-refractivity contribution in [1.29, 1.82) is 0 Å². The molecule has 2 aliphatic rings. The average Bonchev–Trinajstić information content (AvgIpc) is 3.28. The summed E-state index contributed by atoms with van der Waals surface area (Å²) in [6.07, 6.45) is 1.71. The minimum Gasteiger partial charge on any atom is -0.507 e. The highest BCUT2D eigenvalue weighted by molar-refractivity contribution is 7.91. The number of carbonyl (C=O) groups excluding carboxylic acids is 2. The number of ketones is 1. The Kier molecular flexibility index (Phi) is 6.07. The predicted octanol–water partition coefficient (Wildman–Crippen LogP) is 3.00. The second kappa shape index (κ2) is 8.82. The van der Waals surface area contributed by atoms with Gasteiger partial charge >= 0.3 is 0 Å². The van der Waals surface area contributed by atoms with Crippen LogP contribution in [0.5, 0.6) is 5.75 Å². The Morgan fingerprint density at radius 1 is 1.18 bits per heavy atom. The lowest BCUT2D eigenvalue weighted by Crippen LogP contribution is -2.40. The first kappa shape index (κ1) is 22.7. The molecule has 2 heterocycles. The number of Topliss-reactive ketones (excluding diaryl/α,β-unsaturated/α-hetero) is 1. The summed E-state index contributed by atoms with van der Waals surface area (Å²) >= 11 is 0. The van der Waals surface area contributed by atoms with Crippen LogP contribution in [0.3, 0.4) is 0 Å². The molecule has 0 aromatic heterocycles. The number of benzene rings is 2. The van der Waals surface area contributed by atoms with Crippen molar-refractivity contribution in [2.75, 3.05) is 18.1 Å². The van der Waals surface area contributed by atoms with E-state index in [1.165, 1.54) is 30.3 Å². The van der Waals surface area contributed by atoms with Crippen molar-refractivity contribution in [2.45, 2.75) is 18.5 Å². The smallest absolute Gasteiger partial charge is 0.295 e. The van der Waals surface area contributed by atoms with Gasteiger partial charge in [0.05, 0.1) is 23.1 Å². The zero-order valence-electron chi connectivity index (χ0n) is 17.6. The first-order valence-electron chi connectivity index (χ1n) is 10.3. The maximum atomic E-state index is 14.8. The third kappa shape index (κ3) is 4.28. The van der Waals surface area contributed by atoms with E-state index in [0.29, 0.717) is 5.75 Å². The number of likely N-dealkylation sites (tertiary alicyclic amines) is 1. The molecule has 2 aromatic carbocycles. The average molecular weight is 472 g/mol. The van der Waals surface area contributed by atoms with Gasteiger partial charge in [-0.2, -0.15) is 0 Å². The van der Waals surface area contributed by atoms with Gasteiger partial charge in [0.2, 0.25) is 0 Å². The fourth-order valence-electron chi connectivity index (χ4n) is 4.24. The minimum atomic E-state index is -3.39. The van der Waals surface area contributed by atoms with Gasteiger partial charge < -0.3 is 14.7 Å². The van der Waals surface area contributed by atoms with Crippen molar-refractivity contribution in [3.63, 3.8) is 0 Å². The van der Waals surface area contributed by atoms with Crippen LogP contribution in [0.15, 0.2) is 66.8 Å². The number of aliphatic hydroxyl groups excluding tert-OH is 1. The van der Waals surface area contributed by atoms with Gasteiger partial charge in [-0.15, -0.1) is 0 Å². The molecule has 4 rings (SSSR count). The van der Waals surface area contributed by atoms with Crippen LogP contribution in [0.4, 0.5) is 4.39 Å². The van der Waals surface area contributed by atoms with Crippen LogP contribution in [0.2, 0.25) is 0 Å². The molecule has 2 unspecified atom stereocenters. The van der Waals surface area contributed by atoms with Crippen molar-refractivity contribution in [3.05, 3.63) is 83.7 Å². The van der Waals surface area contributed by atoms with Crippen LogP contribution < -0.4 is 4.74 Å². The lowest BCUT2D eigenvalue weighted by molar-refractivity contribution is -0.141. The van der Waals surface area contributed by atoms with Gasteiger partial charge in [-0.25, -0.2) is 12.8 Å². The fourth-order valence-corrected chi connectivity index (χ4v) is 5.95. The molecular formula is C24H22FNO6S. The molecule has 172 valence electrons. The Labute approximate surface area is 190 Å². The molecule has 0 bridgehead atoms. The summed E-state index contributed by atoms with van der Waals surface area (Å²) in [5.74, 6) is -3.03. The summed E-state index contributed by atoms with van der Waals surface area (Å²) in [6, 6.07) is 9.76. The molecule has 2 atom stereocenters. The lowest BCUT2D eigenvalue weighted by atomic mass is 9.94. The Morgan fingerprint density at radius 2 is 1.88 bits per heavy atom.